The van der Waals surface area contributed by atoms with Crippen LogP contribution in [0, 0.1) is 0 Å². The molecule has 0 fully saturated rings. The molecule has 0 amide bonds. The molecule has 0 atom stereocenters. The molecule has 0 heterocycles. The van der Waals surface area contributed by atoms with Crippen LogP contribution >= 0.6 is 0 Å². The molecule has 108 valence electrons. The molecule has 0 aromatic heterocycles. The lowest BCUT2D eigenvalue weighted by Gasteiger charge is -2.02. The highest BCUT2D eigenvalue weighted by Gasteiger charge is 2.43. The molecule has 0 N–H and O–H groups in total. The van der Waals surface area contributed by atoms with E-state index >= 15 is 0 Å². The summed E-state index contributed by atoms with van der Waals surface area (Å²) in [5.41, 5.74) is 8.95. The fourth-order valence-corrected chi connectivity index (χ4v) is 5.03. The molecular weight excluding hydrogens is 312 g/mol. The molecule has 0 bridgehead atoms. The summed E-state index contributed by atoms with van der Waals surface area (Å²) in [7, 11) is -8.89. The van der Waals surface area contributed by atoms with Crippen molar-refractivity contribution in [1.82, 2.24) is 0 Å². The summed E-state index contributed by atoms with van der Waals surface area (Å²) in [6.45, 7) is 0. The monoisotopic (exact) mass is 322 g/mol. The Morgan fingerprint density at radius 1 is 0.714 bits per heavy atom. The molecule has 2 rings (SSSR count). The Hall–Kier alpha value is -2.28. The van der Waals surface area contributed by atoms with Gasteiger partial charge in [-0.2, -0.15) is 0 Å². The minimum atomic E-state index is -4.44. The van der Waals surface area contributed by atoms with Crippen LogP contribution in [0.3, 0.4) is 0 Å². The average Bonchev–Trinajstić information content (AvgIpc) is 2.49. The minimum absolute atomic E-state index is 0.266. The average molecular weight is 322 g/mol. The van der Waals surface area contributed by atoms with Gasteiger partial charge < -0.3 is 5.53 Å². The van der Waals surface area contributed by atoms with Gasteiger partial charge in [-0.3, -0.25) is 0 Å². The van der Waals surface area contributed by atoms with Crippen LogP contribution in [0.1, 0.15) is 0 Å². The number of sulfone groups is 2. The highest BCUT2D eigenvalue weighted by Crippen LogP contribution is 2.19. The van der Waals surface area contributed by atoms with E-state index in [1.807, 2.05) is 0 Å². The van der Waals surface area contributed by atoms with Crippen molar-refractivity contribution in [3.05, 3.63) is 66.2 Å². The highest BCUT2D eigenvalue weighted by molar-refractivity contribution is 8.31. The van der Waals surface area contributed by atoms with Crippen LogP contribution in [0.15, 0.2) is 70.5 Å². The number of hydrogen-bond donors (Lipinski definition) is 0. The zero-order valence-electron chi connectivity index (χ0n) is 10.6. The van der Waals surface area contributed by atoms with Gasteiger partial charge in [-0.15, -0.1) is 4.79 Å². The maximum Gasteiger partial charge on any atom is 0.504 e. The van der Waals surface area contributed by atoms with Gasteiger partial charge in [0.1, 0.15) is 0 Å². The van der Waals surface area contributed by atoms with Crippen LogP contribution < -0.4 is 0 Å². The van der Waals surface area contributed by atoms with Crippen molar-refractivity contribution < 1.29 is 21.6 Å². The highest BCUT2D eigenvalue weighted by atomic mass is 32.3. The Morgan fingerprint density at radius 2 is 1.05 bits per heavy atom. The molecule has 6 nitrogen and oxygen atoms in total. The normalized spacial score (nSPS) is 11.6. The van der Waals surface area contributed by atoms with Gasteiger partial charge in [0.05, 0.1) is 9.79 Å². The van der Waals surface area contributed by atoms with Crippen LogP contribution in [0.5, 0.6) is 0 Å². The zero-order valence-corrected chi connectivity index (χ0v) is 12.3. The Bertz CT molecular complexity index is 828. The summed E-state index contributed by atoms with van der Waals surface area (Å²) in [4.78, 5) is 1.99. The van der Waals surface area contributed by atoms with Crippen molar-refractivity contribution in [1.29, 1.82) is 0 Å². The van der Waals surface area contributed by atoms with Crippen LogP contribution in [-0.2, 0) is 19.7 Å². The quantitative estimate of drug-likeness (QED) is 0.362. The first-order chi connectivity index (χ1) is 9.90. The van der Waals surface area contributed by atoms with Gasteiger partial charge >= 0.3 is 4.38 Å². The summed E-state index contributed by atoms with van der Waals surface area (Å²) in [6, 6.07) is 13.8. The summed E-state index contributed by atoms with van der Waals surface area (Å²) >= 11 is 0. The molecule has 0 spiro atoms. The van der Waals surface area contributed by atoms with Gasteiger partial charge in [0.2, 0.25) is 0 Å². The van der Waals surface area contributed by atoms with E-state index in [1.54, 1.807) is 12.1 Å². The first-order valence-corrected chi connectivity index (χ1v) is 8.69. The van der Waals surface area contributed by atoms with Crippen LogP contribution in [0.25, 0.3) is 5.53 Å². The molecule has 0 aliphatic heterocycles. The number of rotatable bonds is 2. The van der Waals surface area contributed by atoms with E-state index in [1.165, 1.54) is 48.5 Å². The van der Waals surface area contributed by atoms with Gasteiger partial charge in [-0.1, -0.05) is 36.4 Å². The SMILES string of the molecule is [N-]=[N+]=C(S(=O)(=O)c1ccccc1)S(=O)(=O)c1ccccc1. The Kier molecular flexibility index (Phi) is 4.04. The van der Waals surface area contributed by atoms with Crippen molar-refractivity contribution in [3.63, 3.8) is 0 Å². The molecule has 0 saturated heterocycles. The smallest absolute Gasteiger partial charge is 0.359 e. The minimum Gasteiger partial charge on any atom is -0.359 e. The molecule has 2 aromatic rings. The predicted octanol–water partition coefficient (Wildman–Crippen LogP) is 1.52. The van der Waals surface area contributed by atoms with Crippen molar-refractivity contribution in [2.45, 2.75) is 9.79 Å². The van der Waals surface area contributed by atoms with Crippen LogP contribution in [0.4, 0.5) is 0 Å². The van der Waals surface area contributed by atoms with Crippen molar-refractivity contribution >= 4 is 24.1 Å². The molecule has 0 unspecified atom stereocenters. The second-order valence-electron chi connectivity index (χ2n) is 4.00. The lowest BCUT2D eigenvalue weighted by atomic mass is 10.4. The fraction of sp³-hybridized carbons (Fsp3) is 0. The topological polar surface area (TPSA) is 105 Å². The fourth-order valence-electron chi connectivity index (χ4n) is 1.65. The van der Waals surface area contributed by atoms with E-state index < -0.39 is 24.1 Å². The second kappa shape index (κ2) is 5.61. The third-order valence-corrected chi connectivity index (χ3v) is 6.83. The maximum absolute atomic E-state index is 12.3. The first kappa shape index (κ1) is 15.1. The van der Waals surface area contributed by atoms with Gasteiger partial charge in [0.25, 0.3) is 19.7 Å². The third-order valence-electron chi connectivity index (χ3n) is 2.65. The summed E-state index contributed by atoms with van der Waals surface area (Å²) in [6.07, 6.45) is 0. The van der Waals surface area contributed by atoms with Crippen molar-refractivity contribution in [2.75, 3.05) is 0 Å². The summed E-state index contributed by atoms with van der Waals surface area (Å²) in [5.74, 6) is 0. The first-order valence-electron chi connectivity index (χ1n) is 5.73. The Balaban J connectivity index is 2.65. The van der Waals surface area contributed by atoms with E-state index in [-0.39, 0.29) is 9.79 Å². The lowest BCUT2D eigenvalue weighted by Crippen LogP contribution is -2.26. The molecule has 8 heteroatoms. The van der Waals surface area contributed by atoms with Gasteiger partial charge in [-0.25, -0.2) is 16.8 Å². The summed E-state index contributed by atoms with van der Waals surface area (Å²) < 4.78 is 48.0. The molecule has 0 radical (unpaired) electrons. The van der Waals surface area contributed by atoms with Crippen molar-refractivity contribution in [2.24, 2.45) is 0 Å². The Morgan fingerprint density at radius 3 is 1.33 bits per heavy atom. The standard InChI is InChI=1S/C13H10N2O4S2/c14-15-13(20(16,17)11-7-3-1-4-8-11)21(18,19)12-9-5-2-6-10-12/h1-10H. The molecule has 0 aliphatic rings. The number of benzene rings is 2. The van der Waals surface area contributed by atoms with Gasteiger partial charge in [-0.05, 0) is 24.3 Å². The number of hydrogen-bond acceptors (Lipinski definition) is 4. The lowest BCUT2D eigenvalue weighted by molar-refractivity contribution is 0.00380. The van der Waals surface area contributed by atoms with Crippen LogP contribution in [0.2, 0.25) is 0 Å². The van der Waals surface area contributed by atoms with Crippen LogP contribution in [-0.4, -0.2) is 26.0 Å². The Labute approximate surface area is 122 Å². The van der Waals surface area contributed by atoms with E-state index in [4.69, 9.17) is 5.53 Å². The van der Waals surface area contributed by atoms with E-state index in [9.17, 15) is 16.8 Å². The predicted molar refractivity (Wildman–Crippen MR) is 75.9 cm³/mol. The zero-order chi connectivity index (χ0) is 15.5. The molecule has 0 aliphatic carbocycles. The van der Waals surface area contributed by atoms with Crippen molar-refractivity contribution in [3.8, 4) is 0 Å². The molecule has 21 heavy (non-hydrogen) atoms. The molecule has 2 aromatic carbocycles. The van der Waals surface area contributed by atoms with E-state index in [0.29, 0.717) is 0 Å². The molecular formula is C13H10N2O4S2. The third kappa shape index (κ3) is 2.78. The largest absolute Gasteiger partial charge is 0.504 e. The summed E-state index contributed by atoms with van der Waals surface area (Å²) in [5, 5.41) is 0. The van der Waals surface area contributed by atoms with Gasteiger partial charge in [0, 0.05) is 0 Å². The number of nitrogens with zero attached hydrogens (tertiary/aromatic N) is 2. The maximum atomic E-state index is 12.3. The van der Waals surface area contributed by atoms with Gasteiger partial charge in [0.15, 0.2) is 0 Å². The van der Waals surface area contributed by atoms with E-state index in [0.717, 1.165) is 0 Å². The van der Waals surface area contributed by atoms with E-state index in [2.05, 4.69) is 4.79 Å². The molecule has 0 saturated carbocycles. The second-order valence-corrected chi connectivity index (χ2v) is 7.99.